The average molecular weight is 349 g/mol. The largest absolute Gasteiger partial charge is 0.493 e. The maximum absolute atomic E-state index is 13.1. The molecule has 0 radical (unpaired) electrons. The van der Waals surface area contributed by atoms with Crippen LogP contribution in [0, 0.1) is 11.6 Å². The number of carbonyl (C=O) groups is 2. The molecule has 0 fully saturated rings. The van der Waals surface area contributed by atoms with Crippen LogP contribution in [-0.4, -0.2) is 24.6 Å². The van der Waals surface area contributed by atoms with Crippen molar-refractivity contribution in [2.24, 2.45) is 0 Å². The molecule has 1 N–H and O–H groups in total. The number of amides is 1. The number of anilines is 1. The Hall–Kier alpha value is -2.96. The summed E-state index contributed by atoms with van der Waals surface area (Å²) in [6.07, 6.45) is -1.12. The number of esters is 1. The molecule has 7 heteroatoms. The van der Waals surface area contributed by atoms with E-state index in [-0.39, 0.29) is 18.7 Å². The zero-order valence-corrected chi connectivity index (χ0v) is 13.5. The smallest absolute Gasteiger partial charge is 0.310 e. The summed E-state index contributed by atoms with van der Waals surface area (Å²) in [5.74, 6) is -2.73. The van der Waals surface area contributed by atoms with Crippen molar-refractivity contribution < 1.29 is 27.8 Å². The quantitative estimate of drug-likeness (QED) is 0.779. The predicted octanol–water partition coefficient (Wildman–Crippen LogP) is 3.30. The van der Waals surface area contributed by atoms with Crippen LogP contribution in [0.4, 0.5) is 14.5 Å². The van der Waals surface area contributed by atoms with Crippen molar-refractivity contribution in [1.82, 2.24) is 0 Å². The van der Waals surface area contributed by atoms with Crippen molar-refractivity contribution in [2.75, 3.05) is 11.9 Å². The fraction of sp³-hybridized carbons (Fsp3) is 0.222. The molecule has 0 saturated carbocycles. The van der Waals surface area contributed by atoms with Gasteiger partial charge in [0.15, 0.2) is 17.7 Å². The summed E-state index contributed by atoms with van der Waals surface area (Å²) in [6.45, 7) is 1.49. The Morgan fingerprint density at radius 1 is 1.08 bits per heavy atom. The molecule has 0 unspecified atom stereocenters. The lowest BCUT2D eigenvalue weighted by Crippen LogP contribution is -2.30. The number of ether oxygens (including phenoxy) is 2. The maximum atomic E-state index is 13.1. The third-order valence-electron chi connectivity index (χ3n) is 3.18. The molecule has 0 saturated heterocycles. The molecular formula is C18H17F2NO4. The Morgan fingerprint density at radius 3 is 2.48 bits per heavy atom. The van der Waals surface area contributed by atoms with Crippen molar-refractivity contribution >= 4 is 17.6 Å². The van der Waals surface area contributed by atoms with E-state index in [1.54, 1.807) is 24.3 Å². The molecule has 5 nitrogen and oxygen atoms in total. The number of hydrogen-bond donors (Lipinski definition) is 1. The van der Waals surface area contributed by atoms with Gasteiger partial charge in [0.25, 0.3) is 5.91 Å². The predicted molar refractivity (Wildman–Crippen MR) is 87.1 cm³/mol. The van der Waals surface area contributed by atoms with E-state index in [0.717, 1.165) is 12.1 Å². The lowest BCUT2D eigenvalue weighted by molar-refractivity contribution is -0.153. The molecule has 0 heterocycles. The fourth-order valence-corrected chi connectivity index (χ4v) is 1.90. The Balaban J connectivity index is 1.75. The Bertz CT molecular complexity index is 737. The van der Waals surface area contributed by atoms with Crippen LogP contribution in [0.3, 0.4) is 0 Å². The first kappa shape index (κ1) is 18.4. The van der Waals surface area contributed by atoms with Crippen molar-refractivity contribution in [3.63, 3.8) is 0 Å². The van der Waals surface area contributed by atoms with Crippen LogP contribution < -0.4 is 10.1 Å². The summed E-state index contributed by atoms with van der Waals surface area (Å²) in [4.78, 5) is 23.6. The van der Waals surface area contributed by atoms with Gasteiger partial charge in [0.2, 0.25) is 0 Å². The van der Waals surface area contributed by atoms with Gasteiger partial charge >= 0.3 is 5.97 Å². The van der Waals surface area contributed by atoms with Crippen LogP contribution in [-0.2, 0) is 14.3 Å². The van der Waals surface area contributed by atoms with Crippen LogP contribution in [0.5, 0.6) is 5.75 Å². The molecule has 0 aliphatic rings. The summed E-state index contributed by atoms with van der Waals surface area (Å²) in [7, 11) is 0. The Morgan fingerprint density at radius 2 is 1.80 bits per heavy atom. The summed E-state index contributed by atoms with van der Waals surface area (Å²) in [6, 6.07) is 11.9. The second-order valence-electron chi connectivity index (χ2n) is 5.16. The molecule has 2 aromatic rings. The molecule has 0 bridgehead atoms. The first-order valence-electron chi connectivity index (χ1n) is 7.59. The van der Waals surface area contributed by atoms with Crippen LogP contribution in [0.15, 0.2) is 48.5 Å². The minimum atomic E-state index is -1.09. The molecule has 0 aliphatic carbocycles. The van der Waals surface area contributed by atoms with Crippen LogP contribution >= 0.6 is 0 Å². The zero-order valence-electron chi connectivity index (χ0n) is 13.5. The van der Waals surface area contributed by atoms with Crippen molar-refractivity contribution in [3.8, 4) is 5.75 Å². The molecule has 0 spiro atoms. The van der Waals surface area contributed by atoms with E-state index >= 15 is 0 Å². The molecule has 2 aromatic carbocycles. The van der Waals surface area contributed by atoms with Gasteiger partial charge in [-0.2, -0.15) is 0 Å². The van der Waals surface area contributed by atoms with Crippen molar-refractivity contribution in [3.05, 3.63) is 60.2 Å². The minimum absolute atomic E-state index is 0.0301. The van der Waals surface area contributed by atoms with E-state index in [1.165, 1.54) is 13.0 Å². The third-order valence-corrected chi connectivity index (χ3v) is 3.18. The number of carbonyl (C=O) groups excluding carboxylic acids is 2. The normalized spacial score (nSPS) is 11.5. The molecule has 25 heavy (non-hydrogen) atoms. The van der Waals surface area contributed by atoms with Gasteiger partial charge in [-0.05, 0) is 31.2 Å². The molecule has 1 atom stereocenters. The number of halogens is 2. The number of rotatable bonds is 7. The topological polar surface area (TPSA) is 64.6 Å². The lowest BCUT2D eigenvalue weighted by atomic mass is 10.2. The van der Waals surface area contributed by atoms with E-state index < -0.39 is 29.6 Å². The van der Waals surface area contributed by atoms with Gasteiger partial charge in [-0.1, -0.05) is 18.2 Å². The molecular weight excluding hydrogens is 332 g/mol. The van der Waals surface area contributed by atoms with Gasteiger partial charge < -0.3 is 14.8 Å². The molecule has 2 rings (SSSR count). The van der Waals surface area contributed by atoms with Gasteiger partial charge in [0.05, 0.1) is 13.0 Å². The summed E-state index contributed by atoms with van der Waals surface area (Å²) in [5.41, 5.74) is 0.0687. The van der Waals surface area contributed by atoms with Gasteiger partial charge in [0.1, 0.15) is 5.75 Å². The van der Waals surface area contributed by atoms with E-state index in [4.69, 9.17) is 9.47 Å². The van der Waals surface area contributed by atoms with Crippen LogP contribution in [0.25, 0.3) is 0 Å². The summed E-state index contributed by atoms with van der Waals surface area (Å²) >= 11 is 0. The summed E-state index contributed by atoms with van der Waals surface area (Å²) in [5, 5.41) is 2.34. The van der Waals surface area contributed by atoms with E-state index in [2.05, 4.69) is 5.32 Å². The highest BCUT2D eigenvalue weighted by Crippen LogP contribution is 2.14. The maximum Gasteiger partial charge on any atom is 0.310 e. The standard InChI is InChI=1S/C18H17F2NO4/c1-12(18(23)21-13-7-8-15(19)16(20)11-13)25-17(22)9-10-24-14-5-3-2-4-6-14/h2-8,11-12H,9-10H2,1H3,(H,21,23)/t12-/m1/s1. The summed E-state index contributed by atoms with van der Waals surface area (Å²) < 4.78 is 36.3. The lowest BCUT2D eigenvalue weighted by Gasteiger charge is -2.14. The number of nitrogens with one attached hydrogen (secondary N) is 1. The van der Waals surface area contributed by atoms with E-state index in [9.17, 15) is 18.4 Å². The SMILES string of the molecule is C[C@@H](OC(=O)CCOc1ccccc1)C(=O)Nc1ccc(F)c(F)c1. The number of para-hydroxylation sites is 1. The average Bonchev–Trinajstić information content (AvgIpc) is 2.59. The molecule has 0 aliphatic heterocycles. The van der Waals surface area contributed by atoms with Gasteiger partial charge in [-0.15, -0.1) is 0 Å². The van der Waals surface area contributed by atoms with Crippen molar-refractivity contribution in [2.45, 2.75) is 19.4 Å². The highest BCUT2D eigenvalue weighted by atomic mass is 19.2. The zero-order chi connectivity index (χ0) is 18.2. The van der Waals surface area contributed by atoms with Gasteiger partial charge in [-0.3, -0.25) is 9.59 Å². The van der Waals surface area contributed by atoms with Crippen LogP contribution in [0.1, 0.15) is 13.3 Å². The second-order valence-corrected chi connectivity index (χ2v) is 5.16. The number of benzene rings is 2. The Labute approximate surface area is 143 Å². The highest BCUT2D eigenvalue weighted by Gasteiger charge is 2.18. The first-order chi connectivity index (χ1) is 12.0. The second kappa shape index (κ2) is 8.77. The minimum Gasteiger partial charge on any atom is -0.493 e. The van der Waals surface area contributed by atoms with E-state index in [1.807, 2.05) is 6.07 Å². The van der Waals surface area contributed by atoms with Gasteiger partial charge in [0, 0.05) is 11.8 Å². The molecule has 1 amide bonds. The van der Waals surface area contributed by atoms with Crippen LogP contribution in [0.2, 0.25) is 0 Å². The first-order valence-corrected chi connectivity index (χ1v) is 7.59. The Kier molecular flexibility index (Phi) is 6.45. The molecule has 0 aromatic heterocycles. The fourth-order valence-electron chi connectivity index (χ4n) is 1.90. The number of hydrogen-bond acceptors (Lipinski definition) is 4. The monoisotopic (exact) mass is 349 g/mol. The van der Waals surface area contributed by atoms with Crippen molar-refractivity contribution in [1.29, 1.82) is 0 Å². The molecule has 132 valence electrons. The van der Waals surface area contributed by atoms with E-state index in [0.29, 0.717) is 5.75 Å². The van der Waals surface area contributed by atoms with Gasteiger partial charge in [-0.25, -0.2) is 8.78 Å². The third kappa shape index (κ3) is 5.87. The highest BCUT2D eigenvalue weighted by molar-refractivity contribution is 5.95.